The Balaban J connectivity index is 1.67. The molecule has 0 bridgehead atoms. The van der Waals surface area contributed by atoms with E-state index in [0.29, 0.717) is 32.2 Å². The molecule has 0 saturated carbocycles. The molecule has 0 saturated heterocycles. The largest absolute Gasteiger partial charge is 0.484 e. The van der Waals surface area contributed by atoms with Gasteiger partial charge in [0, 0.05) is 21.1 Å². The van der Waals surface area contributed by atoms with E-state index in [2.05, 4.69) is 15.5 Å². The van der Waals surface area contributed by atoms with Crippen LogP contribution in [0.5, 0.6) is 5.75 Å². The number of hydrogen-bond donors (Lipinski definition) is 1. The van der Waals surface area contributed by atoms with Crippen molar-refractivity contribution in [2.75, 3.05) is 32.3 Å². The van der Waals surface area contributed by atoms with Gasteiger partial charge in [-0.2, -0.15) is 0 Å². The molecule has 3 aromatic rings. The summed E-state index contributed by atoms with van der Waals surface area (Å²) in [7, 11) is 6.25. The summed E-state index contributed by atoms with van der Waals surface area (Å²) in [6.07, 6.45) is 0. The first kappa shape index (κ1) is 27.5. The fraction of sp³-hybridized carbons (Fsp3) is 0.348. The molecule has 0 unspecified atom stereocenters. The van der Waals surface area contributed by atoms with Crippen molar-refractivity contribution in [3.8, 4) is 5.75 Å². The van der Waals surface area contributed by atoms with Crippen LogP contribution in [-0.2, 0) is 23.2 Å². The Bertz CT molecular complexity index is 1300. The van der Waals surface area contributed by atoms with Crippen molar-refractivity contribution in [1.29, 1.82) is 0 Å². The highest BCUT2D eigenvalue weighted by Gasteiger charge is 2.27. The van der Waals surface area contributed by atoms with E-state index in [-0.39, 0.29) is 34.7 Å². The number of halogens is 1. The summed E-state index contributed by atoms with van der Waals surface area (Å²) in [5.74, 6) is -0.153. The zero-order chi connectivity index (χ0) is 26.6. The number of carbonyl (C=O) groups is 3. The van der Waals surface area contributed by atoms with Gasteiger partial charge in [-0.1, -0.05) is 29.4 Å². The lowest BCUT2D eigenvalue weighted by atomic mass is 10.1. The van der Waals surface area contributed by atoms with Gasteiger partial charge in [0.2, 0.25) is 5.91 Å². The highest BCUT2D eigenvalue weighted by Crippen LogP contribution is 2.34. The normalized spacial score (nSPS) is 10.8. The smallest absolute Gasteiger partial charge is 0.341 e. The predicted molar refractivity (Wildman–Crippen MR) is 139 cm³/mol. The minimum atomic E-state index is -0.629. The number of hydrogen-bond acceptors (Lipinski definition) is 9. The van der Waals surface area contributed by atoms with Gasteiger partial charge in [-0.3, -0.25) is 9.59 Å². The number of rotatable bonds is 9. The average molecular weight is 552 g/mol. The molecule has 13 heteroatoms. The van der Waals surface area contributed by atoms with Gasteiger partial charge in [-0.05, 0) is 37.1 Å². The molecule has 1 N–H and O–H groups in total. The Labute approximate surface area is 221 Å². The molecule has 3 rings (SSSR count). The molecule has 0 fully saturated rings. The number of thioether (sulfide) groups is 1. The number of ether oxygens (including phenoxy) is 2. The van der Waals surface area contributed by atoms with Crippen LogP contribution in [0.15, 0.2) is 23.4 Å². The van der Waals surface area contributed by atoms with E-state index >= 15 is 0 Å². The van der Waals surface area contributed by atoms with Crippen LogP contribution in [-0.4, -0.2) is 64.4 Å². The summed E-state index contributed by atoms with van der Waals surface area (Å²) < 4.78 is 12.4. The van der Waals surface area contributed by atoms with E-state index in [1.54, 1.807) is 38.7 Å². The minimum Gasteiger partial charge on any atom is -0.484 e. The zero-order valence-corrected chi connectivity index (χ0v) is 23.1. The van der Waals surface area contributed by atoms with Crippen molar-refractivity contribution in [1.82, 2.24) is 19.7 Å². The molecule has 0 aliphatic carbocycles. The van der Waals surface area contributed by atoms with Gasteiger partial charge in [0.15, 0.2) is 11.0 Å². The van der Waals surface area contributed by atoms with Crippen molar-refractivity contribution in [2.24, 2.45) is 7.05 Å². The van der Waals surface area contributed by atoms with E-state index < -0.39 is 5.97 Å². The number of benzene rings is 1. The summed E-state index contributed by atoms with van der Waals surface area (Å²) in [5, 5.41) is 12.3. The first-order valence-corrected chi connectivity index (χ1v) is 12.8. The topological polar surface area (TPSA) is 116 Å². The highest BCUT2D eigenvalue weighted by molar-refractivity contribution is 7.99. The van der Waals surface area contributed by atoms with Crippen LogP contribution in [0.4, 0.5) is 5.00 Å². The number of thiophene rings is 1. The molecule has 0 spiro atoms. The lowest BCUT2D eigenvalue weighted by molar-refractivity contribution is -0.113. The fourth-order valence-corrected chi connectivity index (χ4v) is 5.24. The SMILES string of the molecule is COC(=O)c1c(NC(=O)CSc2nnc(COc3cc(C)ccc3Cl)n2C)sc(C(=O)N(C)C)c1C. The quantitative estimate of drug-likeness (QED) is 0.314. The predicted octanol–water partition coefficient (Wildman–Crippen LogP) is 3.95. The van der Waals surface area contributed by atoms with Crippen LogP contribution < -0.4 is 10.1 Å². The van der Waals surface area contributed by atoms with Crippen LogP contribution in [0.25, 0.3) is 0 Å². The molecule has 1 aromatic carbocycles. The molecule has 0 aliphatic rings. The number of aryl methyl sites for hydroxylation is 1. The third-order valence-corrected chi connectivity index (χ3v) is 7.62. The molecule has 2 amide bonds. The Morgan fingerprint density at radius 3 is 2.61 bits per heavy atom. The van der Waals surface area contributed by atoms with Gasteiger partial charge in [0.05, 0.1) is 28.3 Å². The highest BCUT2D eigenvalue weighted by atomic mass is 35.5. The van der Waals surface area contributed by atoms with Crippen LogP contribution >= 0.6 is 34.7 Å². The van der Waals surface area contributed by atoms with Gasteiger partial charge >= 0.3 is 5.97 Å². The van der Waals surface area contributed by atoms with Gasteiger partial charge in [-0.25, -0.2) is 4.79 Å². The summed E-state index contributed by atoms with van der Waals surface area (Å²) in [5.41, 5.74) is 1.64. The third-order valence-electron chi connectivity index (χ3n) is 5.09. The number of aromatic nitrogens is 3. The molecular weight excluding hydrogens is 526 g/mol. The van der Waals surface area contributed by atoms with E-state index in [1.807, 2.05) is 19.1 Å². The summed E-state index contributed by atoms with van der Waals surface area (Å²) in [4.78, 5) is 39.3. The number of esters is 1. The van der Waals surface area contributed by atoms with E-state index in [0.717, 1.165) is 16.9 Å². The van der Waals surface area contributed by atoms with Crippen LogP contribution in [0.3, 0.4) is 0 Å². The lowest BCUT2D eigenvalue weighted by Gasteiger charge is -2.09. The molecule has 2 heterocycles. The number of nitrogens with zero attached hydrogens (tertiary/aromatic N) is 4. The molecule has 192 valence electrons. The summed E-state index contributed by atoms with van der Waals surface area (Å²) >= 11 is 8.39. The second kappa shape index (κ2) is 11.8. The zero-order valence-electron chi connectivity index (χ0n) is 20.7. The van der Waals surface area contributed by atoms with Crippen LogP contribution in [0.2, 0.25) is 5.02 Å². The summed E-state index contributed by atoms with van der Waals surface area (Å²) in [6.45, 7) is 3.74. The van der Waals surface area contributed by atoms with Gasteiger partial charge in [0.25, 0.3) is 5.91 Å². The number of methoxy groups -OCH3 is 1. The maximum absolute atomic E-state index is 12.7. The van der Waals surface area contributed by atoms with Crippen molar-refractivity contribution in [3.05, 3.63) is 50.6 Å². The molecule has 10 nitrogen and oxygen atoms in total. The van der Waals surface area contributed by atoms with Crippen LogP contribution in [0, 0.1) is 13.8 Å². The molecular formula is C23H26ClN5O5S2. The monoisotopic (exact) mass is 551 g/mol. The van der Waals surface area contributed by atoms with Gasteiger partial charge in [-0.15, -0.1) is 21.5 Å². The maximum Gasteiger partial charge on any atom is 0.341 e. The first-order chi connectivity index (χ1) is 17.0. The van der Waals surface area contributed by atoms with E-state index in [4.69, 9.17) is 21.1 Å². The number of amides is 2. The van der Waals surface area contributed by atoms with Crippen molar-refractivity contribution < 1.29 is 23.9 Å². The number of anilines is 1. The summed E-state index contributed by atoms with van der Waals surface area (Å²) in [6, 6.07) is 5.50. The van der Waals surface area contributed by atoms with Crippen LogP contribution in [0.1, 0.15) is 37.0 Å². The lowest BCUT2D eigenvalue weighted by Crippen LogP contribution is -2.21. The van der Waals surface area contributed by atoms with Gasteiger partial charge < -0.3 is 24.3 Å². The Morgan fingerprint density at radius 2 is 1.94 bits per heavy atom. The molecule has 0 aliphatic heterocycles. The van der Waals surface area contributed by atoms with Crippen molar-refractivity contribution in [3.63, 3.8) is 0 Å². The fourth-order valence-electron chi connectivity index (χ4n) is 3.11. The van der Waals surface area contributed by atoms with Crippen molar-refractivity contribution in [2.45, 2.75) is 25.6 Å². The second-order valence-electron chi connectivity index (χ2n) is 7.97. The Kier molecular flexibility index (Phi) is 8.98. The Hall–Kier alpha value is -3.09. The standard InChI is InChI=1S/C23H26ClN5O5S2/c1-12-7-8-14(24)15(9-12)34-10-16-26-27-23(29(16)5)35-11-17(30)25-20-18(22(32)33-6)13(2)19(36-20)21(31)28(3)4/h7-9H,10-11H2,1-6H3,(H,25,30). The van der Waals surface area contributed by atoms with Crippen molar-refractivity contribution >= 4 is 57.5 Å². The maximum atomic E-state index is 12.7. The van der Waals surface area contributed by atoms with E-state index in [1.165, 1.54) is 23.8 Å². The molecule has 36 heavy (non-hydrogen) atoms. The van der Waals surface area contributed by atoms with Gasteiger partial charge in [0.1, 0.15) is 17.4 Å². The number of carbonyl (C=O) groups excluding carboxylic acids is 3. The average Bonchev–Trinajstić information content (AvgIpc) is 3.35. The first-order valence-electron chi connectivity index (χ1n) is 10.7. The minimum absolute atomic E-state index is 0.00502. The molecule has 2 aromatic heterocycles. The molecule has 0 radical (unpaired) electrons. The Morgan fingerprint density at radius 1 is 1.22 bits per heavy atom. The van der Waals surface area contributed by atoms with E-state index in [9.17, 15) is 14.4 Å². The number of nitrogens with one attached hydrogen (secondary N) is 1. The molecule has 0 atom stereocenters. The second-order valence-corrected chi connectivity index (χ2v) is 10.3. The third kappa shape index (κ3) is 6.18.